The number of sulfonamides is 1. The third-order valence-electron chi connectivity index (χ3n) is 6.02. The minimum absolute atomic E-state index is 0.0780. The summed E-state index contributed by atoms with van der Waals surface area (Å²) in [5, 5.41) is 0. The van der Waals surface area contributed by atoms with Crippen LogP contribution in [-0.4, -0.2) is 37.9 Å². The molecule has 1 amide bonds. The van der Waals surface area contributed by atoms with Crippen molar-refractivity contribution in [3.63, 3.8) is 0 Å². The fraction of sp³-hybridized carbons (Fsp3) is 0.435. The molecule has 0 aromatic heterocycles. The normalized spacial score (nSPS) is 17.0. The standard InChI is InChI=1S/C23H28N2O3S/c1-17(2)25(20-10-4-5-11-20)23(26)19-9-7-12-21(16-19)29(27,28)24-15-14-18-8-3-6-13-22(18)24/h3,6-9,12-13,16-17,20H,4-5,10-11,14-15H2,1-2H3. The number of benzene rings is 2. The van der Waals surface area contributed by atoms with Gasteiger partial charge in [0, 0.05) is 24.2 Å². The zero-order chi connectivity index (χ0) is 20.6. The van der Waals surface area contributed by atoms with Crippen molar-refractivity contribution in [3.05, 3.63) is 59.7 Å². The first-order valence-electron chi connectivity index (χ1n) is 10.4. The van der Waals surface area contributed by atoms with E-state index in [4.69, 9.17) is 0 Å². The van der Waals surface area contributed by atoms with Crippen LogP contribution < -0.4 is 4.31 Å². The fourth-order valence-electron chi connectivity index (χ4n) is 4.63. The summed E-state index contributed by atoms with van der Waals surface area (Å²) >= 11 is 0. The van der Waals surface area contributed by atoms with Gasteiger partial charge in [-0.3, -0.25) is 9.10 Å². The molecule has 1 heterocycles. The number of carbonyl (C=O) groups is 1. The Morgan fingerprint density at radius 2 is 1.79 bits per heavy atom. The molecule has 0 saturated heterocycles. The maximum atomic E-state index is 13.3. The Labute approximate surface area is 173 Å². The molecular weight excluding hydrogens is 384 g/mol. The van der Waals surface area contributed by atoms with Crippen LogP contribution in [0, 0.1) is 0 Å². The zero-order valence-corrected chi connectivity index (χ0v) is 17.9. The zero-order valence-electron chi connectivity index (χ0n) is 17.0. The van der Waals surface area contributed by atoms with Crippen LogP contribution in [0.5, 0.6) is 0 Å². The Morgan fingerprint density at radius 1 is 1.07 bits per heavy atom. The van der Waals surface area contributed by atoms with Crippen molar-refractivity contribution in [2.75, 3.05) is 10.8 Å². The van der Waals surface area contributed by atoms with E-state index in [1.165, 1.54) is 4.31 Å². The molecule has 0 spiro atoms. The van der Waals surface area contributed by atoms with E-state index in [9.17, 15) is 13.2 Å². The van der Waals surface area contributed by atoms with Crippen molar-refractivity contribution >= 4 is 21.6 Å². The van der Waals surface area contributed by atoms with Crippen LogP contribution in [0.25, 0.3) is 0 Å². The Bertz CT molecular complexity index is 1010. The van der Waals surface area contributed by atoms with Gasteiger partial charge in [-0.15, -0.1) is 0 Å². The summed E-state index contributed by atoms with van der Waals surface area (Å²) < 4.78 is 28.1. The summed E-state index contributed by atoms with van der Waals surface area (Å²) in [6.45, 7) is 4.48. The van der Waals surface area contributed by atoms with Gasteiger partial charge in [0.05, 0.1) is 10.6 Å². The molecule has 1 aliphatic carbocycles. The molecule has 4 rings (SSSR count). The highest BCUT2D eigenvalue weighted by atomic mass is 32.2. The highest BCUT2D eigenvalue weighted by Crippen LogP contribution is 2.33. The van der Waals surface area contributed by atoms with Gasteiger partial charge in [0.15, 0.2) is 0 Å². The Hall–Kier alpha value is -2.34. The molecule has 5 nitrogen and oxygen atoms in total. The molecule has 0 bridgehead atoms. The van der Waals surface area contributed by atoms with Crippen molar-refractivity contribution in [2.24, 2.45) is 0 Å². The summed E-state index contributed by atoms with van der Waals surface area (Å²) in [6, 6.07) is 14.4. The fourth-order valence-corrected chi connectivity index (χ4v) is 6.18. The smallest absolute Gasteiger partial charge is 0.264 e. The Balaban J connectivity index is 1.66. The van der Waals surface area contributed by atoms with Gasteiger partial charge in [-0.25, -0.2) is 8.42 Å². The van der Waals surface area contributed by atoms with Gasteiger partial charge in [-0.1, -0.05) is 37.1 Å². The monoisotopic (exact) mass is 412 g/mol. The van der Waals surface area contributed by atoms with E-state index in [1.807, 2.05) is 43.0 Å². The number of para-hydroxylation sites is 1. The third kappa shape index (κ3) is 3.66. The van der Waals surface area contributed by atoms with Crippen LogP contribution in [-0.2, 0) is 16.4 Å². The van der Waals surface area contributed by atoms with E-state index >= 15 is 0 Å². The SMILES string of the molecule is CC(C)N(C(=O)c1cccc(S(=O)(=O)N2CCc3ccccc32)c1)C1CCCC1. The van der Waals surface area contributed by atoms with E-state index in [1.54, 1.807) is 24.3 Å². The molecule has 1 saturated carbocycles. The van der Waals surface area contributed by atoms with E-state index in [0.717, 1.165) is 36.9 Å². The Morgan fingerprint density at radius 3 is 2.52 bits per heavy atom. The van der Waals surface area contributed by atoms with E-state index < -0.39 is 10.0 Å². The van der Waals surface area contributed by atoms with Gasteiger partial charge in [0.25, 0.3) is 15.9 Å². The molecule has 2 aliphatic rings. The average Bonchev–Trinajstić information content (AvgIpc) is 3.38. The lowest BCUT2D eigenvalue weighted by atomic mass is 10.1. The highest BCUT2D eigenvalue weighted by molar-refractivity contribution is 7.92. The Kier molecular flexibility index (Phi) is 5.38. The van der Waals surface area contributed by atoms with Gasteiger partial charge in [-0.05, 0) is 62.9 Å². The van der Waals surface area contributed by atoms with Crippen LogP contribution >= 0.6 is 0 Å². The molecular formula is C23H28N2O3S. The highest BCUT2D eigenvalue weighted by Gasteiger charge is 2.33. The number of amides is 1. The van der Waals surface area contributed by atoms with E-state index in [-0.39, 0.29) is 22.9 Å². The lowest BCUT2D eigenvalue weighted by molar-refractivity contribution is 0.0613. The third-order valence-corrected chi connectivity index (χ3v) is 7.83. The second-order valence-electron chi connectivity index (χ2n) is 8.23. The molecule has 154 valence electrons. The minimum atomic E-state index is -3.71. The molecule has 29 heavy (non-hydrogen) atoms. The van der Waals surface area contributed by atoms with Gasteiger partial charge in [0.2, 0.25) is 0 Å². The van der Waals surface area contributed by atoms with Crippen LogP contribution in [0.2, 0.25) is 0 Å². The van der Waals surface area contributed by atoms with Crippen LogP contribution in [0.15, 0.2) is 53.4 Å². The number of rotatable bonds is 5. The lowest BCUT2D eigenvalue weighted by Crippen LogP contribution is -2.43. The summed E-state index contributed by atoms with van der Waals surface area (Å²) in [7, 11) is -3.71. The van der Waals surface area contributed by atoms with Crippen LogP contribution in [0.3, 0.4) is 0 Å². The first kappa shape index (κ1) is 20.0. The summed E-state index contributed by atoms with van der Waals surface area (Å²) in [5.74, 6) is -0.0780. The quantitative estimate of drug-likeness (QED) is 0.738. The summed E-state index contributed by atoms with van der Waals surface area (Å²) in [5.41, 5.74) is 2.22. The van der Waals surface area contributed by atoms with Crippen LogP contribution in [0.1, 0.15) is 55.5 Å². The average molecular weight is 413 g/mol. The van der Waals surface area contributed by atoms with Crippen molar-refractivity contribution in [1.29, 1.82) is 0 Å². The summed E-state index contributed by atoms with van der Waals surface area (Å²) in [4.78, 5) is 15.4. The predicted molar refractivity (Wildman–Crippen MR) is 115 cm³/mol. The van der Waals surface area contributed by atoms with Gasteiger partial charge >= 0.3 is 0 Å². The number of nitrogens with zero attached hydrogens (tertiary/aromatic N) is 2. The van der Waals surface area contributed by atoms with E-state index in [0.29, 0.717) is 18.5 Å². The van der Waals surface area contributed by atoms with Crippen LogP contribution in [0.4, 0.5) is 5.69 Å². The van der Waals surface area contributed by atoms with Crippen molar-refractivity contribution in [1.82, 2.24) is 4.90 Å². The lowest BCUT2D eigenvalue weighted by Gasteiger charge is -2.33. The first-order valence-corrected chi connectivity index (χ1v) is 11.9. The largest absolute Gasteiger partial charge is 0.333 e. The topological polar surface area (TPSA) is 57.7 Å². The van der Waals surface area contributed by atoms with E-state index in [2.05, 4.69) is 0 Å². The molecule has 0 unspecified atom stereocenters. The predicted octanol–water partition coefficient (Wildman–Crippen LogP) is 4.23. The van der Waals surface area contributed by atoms with Gasteiger partial charge in [-0.2, -0.15) is 0 Å². The number of carbonyl (C=O) groups excluding carboxylic acids is 1. The van der Waals surface area contributed by atoms with Gasteiger partial charge in [0.1, 0.15) is 0 Å². The number of hydrogen-bond acceptors (Lipinski definition) is 3. The molecule has 2 aromatic rings. The molecule has 1 aliphatic heterocycles. The molecule has 0 N–H and O–H groups in total. The maximum Gasteiger partial charge on any atom is 0.264 e. The number of anilines is 1. The number of fused-ring (bicyclic) bond motifs is 1. The molecule has 0 radical (unpaired) electrons. The molecule has 2 aromatic carbocycles. The molecule has 6 heteroatoms. The van der Waals surface area contributed by atoms with Crippen molar-refractivity contribution in [2.45, 2.75) is 62.9 Å². The maximum absolute atomic E-state index is 13.3. The van der Waals surface area contributed by atoms with Crippen molar-refractivity contribution in [3.8, 4) is 0 Å². The van der Waals surface area contributed by atoms with Gasteiger partial charge < -0.3 is 4.90 Å². The first-order chi connectivity index (χ1) is 13.9. The van der Waals surface area contributed by atoms with Crippen molar-refractivity contribution < 1.29 is 13.2 Å². The number of hydrogen-bond donors (Lipinski definition) is 0. The second-order valence-corrected chi connectivity index (χ2v) is 10.1. The second kappa shape index (κ2) is 7.82. The molecule has 1 fully saturated rings. The summed E-state index contributed by atoms with van der Waals surface area (Å²) in [6.07, 6.45) is 5.03. The molecule has 0 atom stereocenters. The minimum Gasteiger partial charge on any atom is -0.333 e.